The second-order valence-corrected chi connectivity index (χ2v) is 11.7. The van der Waals surface area contributed by atoms with Crippen LogP contribution in [0.15, 0.2) is 96.9 Å². The maximum atomic E-state index is 14.2. The molecule has 10 heteroatoms. The number of thiophene rings is 1. The number of phenols is 1. The quantitative estimate of drug-likeness (QED) is 0.296. The Morgan fingerprint density at radius 3 is 2.51 bits per heavy atom. The van der Waals surface area contributed by atoms with Gasteiger partial charge < -0.3 is 20.2 Å². The minimum absolute atomic E-state index is 0.0597. The third kappa shape index (κ3) is 5.84. The van der Waals surface area contributed by atoms with Crippen LogP contribution in [0.3, 0.4) is 0 Å². The van der Waals surface area contributed by atoms with Gasteiger partial charge >= 0.3 is 6.03 Å². The molecular formula is C33H33N5O4S. The van der Waals surface area contributed by atoms with E-state index in [4.69, 9.17) is 0 Å². The standard InChI is InChI=1S/C33H33N5O4S/c1-2-16-36-21-31(40)37-28(17-23-12-14-26(39)15-13-23)32(41)35(19-25-22-43-29-11-7-6-10-27(25)29)20-30(37)38(36)33(42)34-18-24-8-4-3-5-9-24/h2-15,22,28,30,39H,1,16-21H2,(H,34,42). The van der Waals surface area contributed by atoms with Crippen LogP contribution in [-0.2, 0) is 29.1 Å². The molecule has 3 aromatic carbocycles. The van der Waals surface area contributed by atoms with Crippen LogP contribution in [-0.4, -0.2) is 74.6 Å². The van der Waals surface area contributed by atoms with E-state index in [1.54, 1.807) is 61.5 Å². The number of carbonyl (C=O) groups is 3. The second-order valence-electron chi connectivity index (χ2n) is 10.8. The van der Waals surface area contributed by atoms with Crippen molar-refractivity contribution < 1.29 is 19.5 Å². The largest absolute Gasteiger partial charge is 0.508 e. The Morgan fingerprint density at radius 1 is 1.00 bits per heavy atom. The van der Waals surface area contributed by atoms with E-state index in [0.29, 0.717) is 19.6 Å². The molecule has 0 spiro atoms. The van der Waals surface area contributed by atoms with Gasteiger partial charge in [-0.25, -0.2) is 14.8 Å². The van der Waals surface area contributed by atoms with Crippen LogP contribution >= 0.6 is 11.3 Å². The summed E-state index contributed by atoms with van der Waals surface area (Å²) in [6, 6.07) is 23.2. The van der Waals surface area contributed by atoms with E-state index in [-0.39, 0.29) is 43.1 Å². The molecule has 2 aliphatic rings. The predicted molar refractivity (Wildman–Crippen MR) is 166 cm³/mol. The Morgan fingerprint density at radius 2 is 1.74 bits per heavy atom. The number of amides is 4. The second kappa shape index (κ2) is 12.3. The summed E-state index contributed by atoms with van der Waals surface area (Å²) in [5.74, 6) is -0.274. The van der Waals surface area contributed by atoms with E-state index in [1.807, 2.05) is 42.5 Å². The van der Waals surface area contributed by atoms with Crippen LogP contribution in [0, 0.1) is 0 Å². The number of fused-ring (bicyclic) bond motifs is 2. The number of hydrazine groups is 1. The average Bonchev–Trinajstić information content (AvgIpc) is 3.42. The van der Waals surface area contributed by atoms with Gasteiger partial charge in [-0.1, -0.05) is 66.7 Å². The summed E-state index contributed by atoms with van der Waals surface area (Å²) in [4.78, 5) is 45.2. The fourth-order valence-electron chi connectivity index (χ4n) is 5.91. The number of nitrogens with zero attached hydrogens (tertiary/aromatic N) is 4. The van der Waals surface area contributed by atoms with Crippen LogP contribution in [0.1, 0.15) is 16.7 Å². The minimum Gasteiger partial charge on any atom is -0.508 e. The van der Waals surface area contributed by atoms with E-state index in [0.717, 1.165) is 26.8 Å². The van der Waals surface area contributed by atoms with Gasteiger partial charge in [0.1, 0.15) is 18.0 Å². The molecule has 4 aromatic rings. The van der Waals surface area contributed by atoms with Crippen molar-refractivity contribution in [2.75, 3.05) is 19.6 Å². The first-order valence-corrected chi connectivity index (χ1v) is 15.1. The number of urea groups is 1. The summed E-state index contributed by atoms with van der Waals surface area (Å²) in [6.45, 7) is 4.91. The summed E-state index contributed by atoms with van der Waals surface area (Å²) in [7, 11) is 0. The predicted octanol–water partition coefficient (Wildman–Crippen LogP) is 4.34. The van der Waals surface area contributed by atoms with Gasteiger partial charge in [-0.15, -0.1) is 17.9 Å². The van der Waals surface area contributed by atoms with Crippen molar-refractivity contribution in [2.45, 2.75) is 31.7 Å². The van der Waals surface area contributed by atoms with Crippen molar-refractivity contribution in [2.24, 2.45) is 0 Å². The highest BCUT2D eigenvalue weighted by atomic mass is 32.1. The Hall–Kier alpha value is -4.67. The van der Waals surface area contributed by atoms with E-state index in [1.165, 1.54) is 0 Å². The molecule has 2 fully saturated rings. The maximum Gasteiger partial charge on any atom is 0.334 e. The SMILES string of the molecule is C=CCN1CC(=O)N2C(Cc3ccc(O)cc3)C(=O)N(Cc3csc4ccccc34)CC2N1C(=O)NCc1ccccc1. The van der Waals surface area contributed by atoms with Gasteiger partial charge in [0.15, 0.2) is 0 Å². The van der Waals surface area contributed by atoms with Crippen LogP contribution in [0.4, 0.5) is 4.79 Å². The molecule has 1 aromatic heterocycles. The van der Waals surface area contributed by atoms with Crippen molar-refractivity contribution in [1.82, 2.24) is 25.1 Å². The first kappa shape index (κ1) is 28.4. The first-order chi connectivity index (χ1) is 20.9. The number of benzene rings is 3. The lowest BCUT2D eigenvalue weighted by Crippen LogP contribution is -2.76. The molecule has 2 atom stereocenters. The Bertz CT molecular complexity index is 1640. The van der Waals surface area contributed by atoms with Crippen LogP contribution < -0.4 is 5.32 Å². The Labute approximate surface area is 254 Å². The summed E-state index contributed by atoms with van der Waals surface area (Å²) >= 11 is 1.63. The van der Waals surface area contributed by atoms with Crippen molar-refractivity contribution in [1.29, 1.82) is 0 Å². The topological polar surface area (TPSA) is 96.4 Å². The fourth-order valence-corrected chi connectivity index (χ4v) is 6.87. The minimum atomic E-state index is -0.823. The van der Waals surface area contributed by atoms with Gasteiger partial charge in [0, 0.05) is 30.8 Å². The molecule has 220 valence electrons. The highest BCUT2D eigenvalue weighted by molar-refractivity contribution is 7.17. The maximum absolute atomic E-state index is 14.2. The number of phenolic OH excluding ortho intramolecular Hbond substituents is 1. The zero-order valence-electron chi connectivity index (χ0n) is 23.6. The molecule has 2 unspecified atom stereocenters. The lowest BCUT2D eigenvalue weighted by molar-refractivity contribution is -0.189. The van der Waals surface area contributed by atoms with Crippen molar-refractivity contribution in [3.05, 3.63) is 114 Å². The van der Waals surface area contributed by atoms with E-state index in [9.17, 15) is 19.5 Å². The molecule has 0 aliphatic carbocycles. The third-order valence-electron chi connectivity index (χ3n) is 7.95. The fraction of sp³-hybridized carbons (Fsp3) is 0.242. The Balaban J connectivity index is 1.36. The van der Waals surface area contributed by atoms with Gasteiger partial charge in [-0.3, -0.25) is 9.59 Å². The van der Waals surface area contributed by atoms with Crippen LogP contribution in [0.5, 0.6) is 5.75 Å². The third-order valence-corrected chi connectivity index (χ3v) is 8.96. The normalized spacial score (nSPS) is 19.0. The smallest absolute Gasteiger partial charge is 0.334 e. The molecule has 2 saturated heterocycles. The van der Waals surface area contributed by atoms with E-state index < -0.39 is 12.2 Å². The lowest BCUT2D eigenvalue weighted by Gasteiger charge is -2.55. The Kier molecular flexibility index (Phi) is 8.13. The number of hydrogen-bond acceptors (Lipinski definition) is 6. The number of carbonyl (C=O) groups excluding carboxylic acids is 3. The molecule has 3 heterocycles. The van der Waals surface area contributed by atoms with Crippen molar-refractivity contribution in [3.63, 3.8) is 0 Å². The summed E-state index contributed by atoms with van der Waals surface area (Å²) < 4.78 is 1.14. The van der Waals surface area contributed by atoms with Gasteiger partial charge in [0.05, 0.1) is 13.1 Å². The first-order valence-electron chi connectivity index (χ1n) is 14.2. The van der Waals surface area contributed by atoms with Crippen LogP contribution in [0.2, 0.25) is 0 Å². The van der Waals surface area contributed by atoms with Crippen LogP contribution in [0.25, 0.3) is 10.1 Å². The number of hydrogen-bond donors (Lipinski definition) is 2. The summed E-state index contributed by atoms with van der Waals surface area (Å²) in [6.07, 6.45) is 1.20. The molecule has 2 aliphatic heterocycles. The molecule has 0 saturated carbocycles. The monoisotopic (exact) mass is 595 g/mol. The van der Waals surface area contributed by atoms with E-state index in [2.05, 4.69) is 29.4 Å². The molecule has 2 N–H and O–H groups in total. The molecule has 4 amide bonds. The molecule has 6 rings (SSSR count). The van der Waals surface area contributed by atoms with Gasteiger partial charge in [-0.05, 0) is 45.7 Å². The molecule has 9 nitrogen and oxygen atoms in total. The molecule has 43 heavy (non-hydrogen) atoms. The van der Waals surface area contributed by atoms with Crippen molar-refractivity contribution in [3.8, 4) is 5.75 Å². The van der Waals surface area contributed by atoms with E-state index >= 15 is 0 Å². The van der Waals surface area contributed by atoms with Gasteiger partial charge in [0.2, 0.25) is 11.8 Å². The number of nitrogens with one attached hydrogen (secondary N) is 1. The lowest BCUT2D eigenvalue weighted by atomic mass is 9.98. The zero-order valence-corrected chi connectivity index (χ0v) is 24.5. The highest BCUT2D eigenvalue weighted by Gasteiger charge is 2.51. The number of rotatable bonds is 8. The highest BCUT2D eigenvalue weighted by Crippen LogP contribution is 2.32. The zero-order chi connectivity index (χ0) is 29.9. The van der Waals surface area contributed by atoms with Gasteiger partial charge in [-0.2, -0.15) is 0 Å². The number of piperazine rings is 1. The molecular weight excluding hydrogens is 562 g/mol. The summed E-state index contributed by atoms with van der Waals surface area (Å²) in [5.41, 5.74) is 2.78. The van der Waals surface area contributed by atoms with Crippen molar-refractivity contribution >= 4 is 39.3 Å². The van der Waals surface area contributed by atoms with Gasteiger partial charge in [0.25, 0.3) is 0 Å². The molecule has 0 bridgehead atoms. The summed E-state index contributed by atoms with van der Waals surface area (Å²) in [5, 5.41) is 19.3. The molecule has 0 radical (unpaired) electrons. The number of aromatic hydroxyl groups is 1. The average molecular weight is 596 g/mol.